The second-order valence-corrected chi connectivity index (χ2v) is 6.63. The highest BCUT2D eigenvalue weighted by Crippen LogP contribution is 2.31. The third-order valence-electron chi connectivity index (χ3n) is 4.81. The average Bonchev–Trinajstić information content (AvgIpc) is 3.44. The molecule has 1 saturated heterocycles. The van der Waals surface area contributed by atoms with E-state index < -0.39 is 0 Å². The number of hydrogen-bond acceptors (Lipinski definition) is 6. The van der Waals surface area contributed by atoms with Gasteiger partial charge in [-0.3, -0.25) is 4.79 Å². The van der Waals surface area contributed by atoms with E-state index in [0.29, 0.717) is 29.8 Å². The van der Waals surface area contributed by atoms with E-state index in [2.05, 4.69) is 10.1 Å². The molecule has 144 valence electrons. The lowest BCUT2D eigenvalue weighted by Crippen LogP contribution is -2.38. The molecule has 0 spiro atoms. The third-order valence-corrected chi connectivity index (χ3v) is 4.81. The van der Waals surface area contributed by atoms with Gasteiger partial charge in [-0.15, -0.1) is 0 Å². The van der Waals surface area contributed by atoms with Crippen LogP contribution < -0.4 is 4.74 Å². The van der Waals surface area contributed by atoms with E-state index in [0.717, 1.165) is 24.9 Å². The molecule has 4 rings (SSSR count). The van der Waals surface area contributed by atoms with E-state index in [-0.39, 0.29) is 11.8 Å². The Labute approximate surface area is 162 Å². The van der Waals surface area contributed by atoms with Crippen LogP contribution in [0.25, 0.3) is 17.5 Å². The van der Waals surface area contributed by atoms with Gasteiger partial charge in [-0.1, -0.05) is 17.3 Å². The van der Waals surface area contributed by atoms with Gasteiger partial charge in [0.15, 0.2) is 5.82 Å². The summed E-state index contributed by atoms with van der Waals surface area (Å²) >= 11 is 0. The van der Waals surface area contributed by atoms with Gasteiger partial charge in [-0.2, -0.15) is 4.98 Å². The van der Waals surface area contributed by atoms with Crippen molar-refractivity contribution < 1.29 is 18.5 Å². The molecule has 1 amide bonds. The summed E-state index contributed by atoms with van der Waals surface area (Å²) in [5, 5.41) is 4.16. The Hall–Kier alpha value is -3.35. The van der Waals surface area contributed by atoms with Crippen LogP contribution in [0.5, 0.6) is 5.75 Å². The summed E-state index contributed by atoms with van der Waals surface area (Å²) < 4.78 is 16.1. The number of piperidine rings is 1. The van der Waals surface area contributed by atoms with Gasteiger partial charge in [0.2, 0.25) is 5.91 Å². The second kappa shape index (κ2) is 8.12. The number of ether oxygens (including phenoxy) is 1. The Kier molecular flexibility index (Phi) is 5.23. The monoisotopic (exact) mass is 379 g/mol. The van der Waals surface area contributed by atoms with Crippen molar-refractivity contribution in [1.29, 1.82) is 0 Å². The fourth-order valence-corrected chi connectivity index (χ4v) is 3.36. The fraction of sp³-hybridized carbons (Fsp3) is 0.286. The van der Waals surface area contributed by atoms with Gasteiger partial charge in [0, 0.05) is 25.1 Å². The van der Waals surface area contributed by atoms with Gasteiger partial charge in [0.1, 0.15) is 11.5 Å². The minimum absolute atomic E-state index is 0.0434. The zero-order valence-electron chi connectivity index (χ0n) is 15.6. The smallest absolute Gasteiger partial charge is 0.261 e. The van der Waals surface area contributed by atoms with Crippen molar-refractivity contribution in [3.63, 3.8) is 0 Å². The zero-order valence-corrected chi connectivity index (χ0v) is 15.6. The fourth-order valence-electron chi connectivity index (χ4n) is 3.36. The summed E-state index contributed by atoms with van der Waals surface area (Å²) in [6, 6.07) is 11.1. The Balaban J connectivity index is 1.46. The van der Waals surface area contributed by atoms with Crippen LogP contribution in [0, 0.1) is 0 Å². The molecule has 1 aromatic carbocycles. The number of amides is 1. The lowest BCUT2D eigenvalue weighted by atomic mass is 9.97. The zero-order chi connectivity index (χ0) is 19.3. The molecule has 3 aromatic rings. The predicted molar refractivity (Wildman–Crippen MR) is 103 cm³/mol. The number of para-hydroxylation sites is 1. The van der Waals surface area contributed by atoms with Crippen molar-refractivity contribution in [2.75, 3.05) is 20.2 Å². The molecule has 0 unspecified atom stereocenters. The molecule has 0 N–H and O–H groups in total. The number of furan rings is 1. The van der Waals surface area contributed by atoms with Crippen molar-refractivity contribution >= 4 is 12.0 Å². The summed E-state index contributed by atoms with van der Waals surface area (Å²) in [4.78, 5) is 18.9. The van der Waals surface area contributed by atoms with E-state index >= 15 is 0 Å². The lowest BCUT2D eigenvalue weighted by molar-refractivity contribution is -0.127. The van der Waals surface area contributed by atoms with Crippen LogP contribution in [-0.2, 0) is 4.79 Å². The maximum atomic E-state index is 12.5. The summed E-state index contributed by atoms with van der Waals surface area (Å²) in [6.45, 7) is 1.28. The summed E-state index contributed by atoms with van der Waals surface area (Å²) in [6.07, 6.45) is 6.61. The number of methoxy groups -OCH3 is 1. The molecule has 0 bridgehead atoms. The summed E-state index contributed by atoms with van der Waals surface area (Å²) in [7, 11) is 1.61. The van der Waals surface area contributed by atoms with Crippen molar-refractivity contribution in [3.8, 4) is 17.2 Å². The standard InChI is InChI=1S/C21H21N3O4/c1-26-18-9-3-2-8-17(18)21-22-20(23-28-21)15-6-4-12-24(14-15)19(25)11-10-16-7-5-13-27-16/h2-3,5,7-11,13,15H,4,6,12,14H2,1H3/b11-10+/t15-/m0/s1. The number of nitrogens with zero attached hydrogens (tertiary/aromatic N) is 3. The quantitative estimate of drug-likeness (QED) is 0.628. The third kappa shape index (κ3) is 3.83. The van der Waals surface area contributed by atoms with Crippen molar-refractivity contribution in [2.24, 2.45) is 0 Å². The molecule has 1 fully saturated rings. The Bertz CT molecular complexity index is 962. The molecular formula is C21H21N3O4. The normalized spacial score (nSPS) is 17.2. The Morgan fingerprint density at radius 3 is 3.00 bits per heavy atom. The van der Waals surface area contributed by atoms with Crippen molar-refractivity contribution in [3.05, 3.63) is 60.3 Å². The summed E-state index contributed by atoms with van der Waals surface area (Å²) in [5.74, 6) is 2.38. The van der Waals surface area contributed by atoms with E-state index in [1.165, 1.54) is 6.08 Å². The lowest BCUT2D eigenvalue weighted by Gasteiger charge is -2.30. The first-order chi connectivity index (χ1) is 13.7. The van der Waals surface area contributed by atoms with Gasteiger partial charge in [0.05, 0.1) is 18.9 Å². The van der Waals surface area contributed by atoms with Gasteiger partial charge in [-0.25, -0.2) is 0 Å². The average molecular weight is 379 g/mol. The molecule has 0 saturated carbocycles. The number of hydrogen-bond donors (Lipinski definition) is 0. The first-order valence-electron chi connectivity index (χ1n) is 9.22. The van der Waals surface area contributed by atoms with Gasteiger partial charge in [-0.05, 0) is 43.2 Å². The van der Waals surface area contributed by atoms with Crippen LogP contribution in [0.15, 0.2) is 57.7 Å². The van der Waals surface area contributed by atoms with E-state index in [1.54, 1.807) is 25.5 Å². The van der Waals surface area contributed by atoms with Crippen LogP contribution in [-0.4, -0.2) is 41.1 Å². The summed E-state index contributed by atoms with van der Waals surface area (Å²) in [5.41, 5.74) is 0.758. The number of benzene rings is 1. The molecule has 28 heavy (non-hydrogen) atoms. The molecule has 7 heteroatoms. The molecule has 1 atom stereocenters. The van der Waals surface area contributed by atoms with E-state index in [4.69, 9.17) is 13.7 Å². The molecule has 2 aromatic heterocycles. The highest BCUT2D eigenvalue weighted by atomic mass is 16.5. The molecule has 7 nitrogen and oxygen atoms in total. The highest BCUT2D eigenvalue weighted by molar-refractivity contribution is 5.91. The van der Waals surface area contributed by atoms with Crippen molar-refractivity contribution in [1.82, 2.24) is 15.0 Å². The second-order valence-electron chi connectivity index (χ2n) is 6.63. The maximum absolute atomic E-state index is 12.5. The maximum Gasteiger partial charge on any atom is 0.261 e. The predicted octanol–water partition coefficient (Wildman–Crippen LogP) is 3.76. The van der Waals surface area contributed by atoms with E-state index in [9.17, 15) is 4.79 Å². The number of aromatic nitrogens is 2. The van der Waals surface area contributed by atoms with Crippen molar-refractivity contribution in [2.45, 2.75) is 18.8 Å². The first-order valence-corrected chi connectivity index (χ1v) is 9.22. The highest BCUT2D eigenvalue weighted by Gasteiger charge is 2.27. The molecular weight excluding hydrogens is 358 g/mol. The van der Waals surface area contributed by atoms with Gasteiger partial charge >= 0.3 is 0 Å². The first kappa shape index (κ1) is 18.0. The molecule has 0 aliphatic carbocycles. The number of carbonyl (C=O) groups is 1. The minimum Gasteiger partial charge on any atom is -0.496 e. The van der Waals surface area contributed by atoms with Crippen LogP contribution >= 0.6 is 0 Å². The Morgan fingerprint density at radius 1 is 1.29 bits per heavy atom. The van der Waals surface area contributed by atoms with Crippen LogP contribution in [0.4, 0.5) is 0 Å². The van der Waals surface area contributed by atoms with Crippen LogP contribution in [0.1, 0.15) is 30.3 Å². The molecule has 3 heterocycles. The Morgan fingerprint density at radius 2 is 2.18 bits per heavy atom. The molecule has 1 aliphatic heterocycles. The SMILES string of the molecule is COc1ccccc1-c1nc([C@H]2CCCN(C(=O)/C=C/c3ccco3)C2)no1. The minimum atomic E-state index is -0.0467. The number of carbonyl (C=O) groups excluding carboxylic acids is 1. The number of rotatable bonds is 5. The number of likely N-dealkylation sites (tertiary alicyclic amines) is 1. The van der Waals surface area contributed by atoms with Crippen LogP contribution in [0.2, 0.25) is 0 Å². The van der Waals surface area contributed by atoms with E-state index in [1.807, 2.05) is 35.2 Å². The van der Waals surface area contributed by atoms with Crippen LogP contribution in [0.3, 0.4) is 0 Å². The molecule has 1 aliphatic rings. The molecule has 0 radical (unpaired) electrons. The van der Waals surface area contributed by atoms with Gasteiger partial charge < -0.3 is 18.6 Å². The van der Waals surface area contributed by atoms with Gasteiger partial charge in [0.25, 0.3) is 5.89 Å². The largest absolute Gasteiger partial charge is 0.496 e. The topological polar surface area (TPSA) is 81.6 Å².